The van der Waals surface area contributed by atoms with Gasteiger partial charge in [0.2, 0.25) is 0 Å². The first-order valence-electron chi connectivity index (χ1n) is 8.47. The van der Waals surface area contributed by atoms with Crippen molar-refractivity contribution in [3.8, 4) is 6.07 Å². The molecule has 1 atom stereocenters. The van der Waals surface area contributed by atoms with Crippen LogP contribution in [0.3, 0.4) is 0 Å². The number of carbonyl (C=O) groups excluding carboxylic acids is 2. The van der Waals surface area contributed by atoms with Crippen LogP contribution in [0.4, 0.5) is 0 Å². The topological polar surface area (TPSA) is 95.3 Å². The Morgan fingerprint density at radius 2 is 1.89 bits per heavy atom. The van der Waals surface area contributed by atoms with E-state index < -0.39 is 27.7 Å². The van der Waals surface area contributed by atoms with Gasteiger partial charge in [0.25, 0.3) is 11.8 Å². The Labute approximate surface area is 158 Å². The average molecular weight is 382 g/mol. The molecule has 6 nitrogen and oxygen atoms in total. The van der Waals surface area contributed by atoms with E-state index in [0.717, 1.165) is 10.5 Å². The molecule has 1 fully saturated rings. The molecule has 0 radical (unpaired) electrons. The van der Waals surface area contributed by atoms with Gasteiger partial charge in [-0.25, -0.2) is 8.42 Å². The van der Waals surface area contributed by atoms with Crippen molar-refractivity contribution < 1.29 is 18.0 Å². The molecule has 7 heteroatoms. The lowest BCUT2D eigenvalue weighted by atomic mass is 9.93. The molecule has 27 heavy (non-hydrogen) atoms. The monoisotopic (exact) mass is 382 g/mol. The van der Waals surface area contributed by atoms with Crippen LogP contribution < -0.4 is 0 Å². The fraction of sp³-hybridized carbons (Fsp3) is 0.250. The van der Waals surface area contributed by atoms with Crippen molar-refractivity contribution in [2.45, 2.75) is 19.4 Å². The highest BCUT2D eigenvalue weighted by Gasteiger charge is 2.43. The van der Waals surface area contributed by atoms with E-state index in [2.05, 4.69) is 0 Å². The van der Waals surface area contributed by atoms with Crippen molar-refractivity contribution in [1.29, 1.82) is 5.26 Å². The molecule has 2 aliphatic heterocycles. The summed E-state index contributed by atoms with van der Waals surface area (Å²) in [4.78, 5) is 26.5. The zero-order valence-corrected chi connectivity index (χ0v) is 15.6. The molecule has 0 aromatic heterocycles. The fourth-order valence-electron chi connectivity index (χ4n) is 3.26. The van der Waals surface area contributed by atoms with Crippen LogP contribution in [-0.4, -0.2) is 42.7 Å². The van der Waals surface area contributed by atoms with Crippen molar-refractivity contribution >= 4 is 27.7 Å². The van der Waals surface area contributed by atoms with Crippen molar-refractivity contribution in [1.82, 2.24) is 4.90 Å². The Bertz CT molecular complexity index is 1030. The van der Waals surface area contributed by atoms with Crippen LogP contribution in [0.2, 0.25) is 0 Å². The number of hydrogen-bond acceptors (Lipinski definition) is 5. The minimum Gasteiger partial charge on any atom is -0.270 e. The van der Waals surface area contributed by atoms with Gasteiger partial charge in [0.1, 0.15) is 11.6 Å². The van der Waals surface area contributed by atoms with Gasteiger partial charge in [-0.2, -0.15) is 5.26 Å². The molecular formula is C20H18N2O4S. The quantitative estimate of drug-likeness (QED) is 0.589. The Kier molecular flexibility index (Phi) is 5.10. The van der Waals surface area contributed by atoms with E-state index in [0.29, 0.717) is 5.57 Å². The highest BCUT2D eigenvalue weighted by Crippen LogP contribution is 2.30. The Hall–Kier alpha value is -2.98. The second-order valence-corrected chi connectivity index (χ2v) is 8.73. The van der Waals surface area contributed by atoms with E-state index in [-0.39, 0.29) is 29.1 Å². The molecule has 0 bridgehead atoms. The molecule has 0 saturated carbocycles. The van der Waals surface area contributed by atoms with E-state index in [1.807, 2.05) is 36.4 Å². The number of allylic oxidation sites excluding steroid dienone is 2. The molecule has 0 spiro atoms. The van der Waals surface area contributed by atoms with Gasteiger partial charge in [0, 0.05) is 5.57 Å². The lowest BCUT2D eigenvalue weighted by Gasteiger charge is -2.31. The van der Waals surface area contributed by atoms with E-state index >= 15 is 0 Å². The minimum absolute atomic E-state index is 0.0632. The van der Waals surface area contributed by atoms with Crippen molar-refractivity contribution in [2.24, 2.45) is 0 Å². The predicted molar refractivity (Wildman–Crippen MR) is 101 cm³/mol. The third kappa shape index (κ3) is 3.76. The van der Waals surface area contributed by atoms with Gasteiger partial charge in [0.15, 0.2) is 9.84 Å². The summed E-state index contributed by atoms with van der Waals surface area (Å²) in [6.07, 6.45) is 5.25. The number of nitriles is 1. The van der Waals surface area contributed by atoms with Gasteiger partial charge in [0.05, 0.1) is 17.5 Å². The lowest BCUT2D eigenvalue weighted by molar-refractivity contribution is -0.142. The van der Waals surface area contributed by atoms with E-state index in [1.165, 1.54) is 0 Å². The molecule has 0 unspecified atom stereocenters. The second kappa shape index (κ2) is 7.33. The van der Waals surface area contributed by atoms with E-state index in [4.69, 9.17) is 0 Å². The van der Waals surface area contributed by atoms with E-state index in [9.17, 15) is 23.3 Å². The van der Waals surface area contributed by atoms with Crippen molar-refractivity contribution in [3.63, 3.8) is 0 Å². The van der Waals surface area contributed by atoms with Crippen LogP contribution in [0.15, 0.2) is 59.2 Å². The lowest BCUT2D eigenvalue weighted by Crippen LogP contribution is -2.49. The molecule has 138 valence electrons. The van der Waals surface area contributed by atoms with Crippen LogP contribution >= 0.6 is 0 Å². The number of hydrogen-bond donors (Lipinski definition) is 0. The molecule has 0 N–H and O–H groups in total. The fourth-order valence-corrected chi connectivity index (χ4v) is 4.96. The Morgan fingerprint density at radius 1 is 1.19 bits per heavy atom. The normalized spacial score (nSPS) is 24.1. The minimum atomic E-state index is -3.28. The number of carbonyl (C=O) groups is 2. The number of benzene rings is 1. The van der Waals surface area contributed by atoms with Crippen LogP contribution in [0, 0.1) is 11.3 Å². The number of sulfone groups is 1. The molecule has 2 amide bonds. The summed E-state index contributed by atoms with van der Waals surface area (Å²) in [7, 11) is -3.28. The number of amides is 2. The first-order chi connectivity index (χ1) is 12.8. The summed E-state index contributed by atoms with van der Waals surface area (Å²) < 4.78 is 23.5. The van der Waals surface area contributed by atoms with Gasteiger partial charge < -0.3 is 0 Å². The summed E-state index contributed by atoms with van der Waals surface area (Å²) in [5.74, 6) is -1.59. The number of rotatable bonds is 3. The summed E-state index contributed by atoms with van der Waals surface area (Å²) in [5, 5.41) is 9.37. The van der Waals surface area contributed by atoms with Crippen LogP contribution in [0.25, 0.3) is 6.08 Å². The van der Waals surface area contributed by atoms with Crippen molar-refractivity contribution in [3.05, 3.63) is 64.8 Å². The Morgan fingerprint density at radius 3 is 2.48 bits per heavy atom. The maximum absolute atomic E-state index is 12.9. The SMILES string of the molecule is CC1=C(C#N)C(=O)N([C@H]2CCS(=O)(=O)C2)C(=O)/C1=C\C=C\c1ccccc1. The molecule has 1 saturated heterocycles. The van der Waals surface area contributed by atoms with Gasteiger partial charge in [-0.3, -0.25) is 14.5 Å². The zero-order chi connectivity index (χ0) is 19.6. The van der Waals surface area contributed by atoms with Gasteiger partial charge in [-0.1, -0.05) is 42.5 Å². The van der Waals surface area contributed by atoms with Gasteiger partial charge >= 0.3 is 0 Å². The van der Waals surface area contributed by atoms with Crippen LogP contribution in [0.1, 0.15) is 18.9 Å². The summed E-state index contributed by atoms with van der Waals surface area (Å²) in [5.41, 5.74) is 1.35. The first kappa shape index (κ1) is 18.8. The maximum atomic E-state index is 12.9. The van der Waals surface area contributed by atoms with Crippen LogP contribution in [-0.2, 0) is 19.4 Å². The maximum Gasteiger partial charge on any atom is 0.271 e. The first-order valence-corrected chi connectivity index (χ1v) is 10.3. The van der Waals surface area contributed by atoms with Crippen molar-refractivity contribution in [2.75, 3.05) is 11.5 Å². The van der Waals surface area contributed by atoms with Gasteiger partial charge in [-0.15, -0.1) is 0 Å². The zero-order valence-electron chi connectivity index (χ0n) is 14.8. The third-order valence-corrected chi connectivity index (χ3v) is 6.45. The molecule has 1 aromatic carbocycles. The Balaban J connectivity index is 1.98. The molecule has 3 rings (SSSR count). The second-order valence-electron chi connectivity index (χ2n) is 6.50. The summed E-state index contributed by atoms with van der Waals surface area (Å²) >= 11 is 0. The van der Waals surface area contributed by atoms with E-state index in [1.54, 1.807) is 25.2 Å². The standard InChI is InChI=1S/C20H18N2O4S/c1-14-17(9-5-8-15-6-3-2-4-7-15)19(23)22(20(24)18(14)12-21)16-10-11-27(25,26)13-16/h2-9,16H,10-11,13H2,1H3/b8-5+,17-9-/t16-/m0/s1. The highest BCUT2D eigenvalue weighted by molar-refractivity contribution is 7.91. The molecule has 2 aliphatic rings. The molecule has 1 aromatic rings. The summed E-state index contributed by atoms with van der Waals surface area (Å²) in [6.45, 7) is 1.55. The highest BCUT2D eigenvalue weighted by atomic mass is 32.2. The molecule has 0 aliphatic carbocycles. The molecule has 2 heterocycles. The third-order valence-electron chi connectivity index (χ3n) is 4.70. The number of imide groups is 1. The smallest absolute Gasteiger partial charge is 0.270 e. The summed E-state index contributed by atoms with van der Waals surface area (Å²) in [6, 6.07) is 10.6. The largest absolute Gasteiger partial charge is 0.271 e. The predicted octanol–water partition coefficient (Wildman–Crippen LogP) is 2.02. The van der Waals surface area contributed by atoms with Gasteiger partial charge in [-0.05, 0) is 30.6 Å². The molecular weight excluding hydrogens is 364 g/mol. The number of nitrogens with zero attached hydrogens (tertiary/aromatic N) is 2. The average Bonchev–Trinajstić information content (AvgIpc) is 2.98. The van der Waals surface area contributed by atoms with Crippen LogP contribution in [0.5, 0.6) is 0 Å².